The van der Waals surface area contributed by atoms with Gasteiger partial charge in [0.15, 0.2) is 11.5 Å². The van der Waals surface area contributed by atoms with Crippen LogP contribution in [-0.2, 0) is 14.8 Å². The van der Waals surface area contributed by atoms with Crippen LogP contribution >= 0.6 is 0 Å². The molecule has 8 heteroatoms. The van der Waals surface area contributed by atoms with E-state index in [0.717, 1.165) is 21.0 Å². The van der Waals surface area contributed by atoms with E-state index in [4.69, 9.17) is 9.47 Å². The number of nitrogens with zero attached hydrogens (tertiary/aromatic N) is 1. The molecule has 0 saturated heterocycles. The minimum atomic E-state index is -4.03. The van der Waals surface area contributed by atoms with Gasteiger partial charge in [0.1, 0.15) is 6.54 Å². The Morgan fingerprint density at radius 2 is 1.59 bits per heavy atom. The van der Waals surface area contributed by atoms with Crippen LogP contribution in [0.15, 0.2) is 71.6 Å². The van der Waals surface area contributed by atoms with Gasteiger partial charge in [-0.3, -0.25) is 9.10 Å². The van der Waals surface area contributed by atoms with Gasteiger partial charge in [0.25, 0.3) is 10.0 Å². The lowest BCUT2D eigenvalue weighted by Crippen LogP contribution is -2.41. The topological polar surface area (TPSA) is 84.9 Å². The van der Waals surface area contributed by atoms with E-state index < -0.39 is 22.5 Å². The summed E-state index contributed by atoms with van der Waals surface area (Å²) in [4.78, 5) is 13.1. The maximum Gasteiger partial charge on any atom is 0.264 e. The molecule has 7 nitrogen and oxygen atoms in total. The van der Waals surface area contributed by atoms with Gasteiger partial charge in [-0.15, -0.1) is 0 Å². The van der Waals surface area contributed by atoms with Crippen LogP contribution in [0.5, 0.6) is 11.5 Å². The molecular weight excluding hydrogens is 452 g/mol. The molecule has 0 fully saturated rings. The van der Waals surface area contributed by atoms with E-state index in [-0.39, 0.29) is 16.6 Å². The van der Waals surface area contributed by atoms with Crippen LogP contribution in [0.4, 0.5) is 5.69 Å². The van der Waals surface area contributed by atoms with Crippen LogP contribution in [0.1, 0.15) is 29.7 Å². The van der Waals surface area contributed by atoms with Gasteiger partial charge in [-0.2, -0.15) is 0 Å². The summed E-state index contributed by atoms with van der Waals surface area (Å²) in [6.45, 7) is 5.51. The highest BCUT2D eigenvalue weighted by atomic mass is 32.2. The quantitative estimate of drug-likeness (QED) is 0.489. The zero-order valence-corrected chi connectivity index (χ0v) is 20.8. The number of methoxy groups -OCH3 is 2. The van der Waals surface area contributed by atoms with Gasteiger partial charge in [0.2, 0.25) is 5.91 Å². The fourth-order valence-corrected chi connectivity index (χ4v) is 4.98. The number of rotatable bonds is 9. The van der Waals surface area contributed by atoms with Crippen LogP contribution in [0.2, 0.25) is 0 Å². The first kappa shape index (κ1) is 25.1. The van der Waals surface area contributed by atoms with E-state index in [1.807, 2.05) is 39.0 Å². The number of hydrogen-bond acceptors (Lipinski definition) is 5. The Hall–Kier alpha value is -3.52. The number of carbonyl (C=O) groups excluding carboxylic acids is 1. The number of ether oxygens (including phenoxy) is 2. The number of benzene rings is 3. The Labute approximate surface area is 201 Å². The third-order valence-electron chi connectivity index (χ3n) is 5.68. The predicted molar refractivity (Wildman–Crippen MR) is 133 cm³/mol. The normalized spacial score (nSPS) is 12.0. The summed E-state index contributed by atoms with van der Waals surface area (Å²) in [7, 11) is -1.06. The predicted octanol–water partition coefficient (Wildman–Crippen LogP) is 4.39. The molecule has 0 radical (unpaired) electrons. The van der Waals surface area contributed by atoms with Crippen molar-refractivity contribution in [3.8, 4) is 11.5 Å². The zero-order valence-electron chi connectivity index (χ0n) is 20.0. The number of carbonyl (C=O) groups is 1. The second kappa shape index (κ2) is 10.6. The van der Waals surface area contributed by atoms with E-state index in [1.165, 1.54) is 26.4 Å². The molecule has 0 spiro atoms. The molecule has 180 valence electrons. The summed E-state index contributed by atoms with van der Waals surface area (Å²) in [6, 6.07) is 18.4. The molecule has 1 N–H and O–H groups in total. The molecule has 0 saturated carbocycles. The third kappa shape index (κ3) is 5.51. The van der Waals surface area contributed by atoms with Crippen molar-refractivity contribution >= 4 is 21.6 Å². The van der Waals surface area contributed by atoms with Gasteiger partial charge in [-0.05, 0) is 61.7 Å². The molecule has 0 aromatic heterocycles. The van der Waals surface area contributed by atoms with Crippen molar-refractivity contribution in [1.29, 1.82) is 0 Å². The largest absolute Gasteiger partial charge is 0.493 e. The smallest absolute Gasteiger partial charge is 0.264 e. The summed E-state index contributed by atoms with van der Waals surface area (Å²) in [5.74, 6) is 0.383. The van der Waals surface area contributed by atoms with Crippen molar-refractivity contribution in [2.75, 3.05) is 25.1 Å². The van der Waals surface area contributed by atoms with Gasteiger partial charge in [-0.1, -0.05) is 36.4 Å². The fraction of sp³-hybridized carbons (Fsp3) is 0.269. The van der Waals surface area contributed by atoms with Crippen molar-refractivity contribution in [2.24, 2.45) is 0 Å². The Bertz CT molecular complexity index is 1260. The maximum atomic E-state index is 13.5. The SMILES string of the molecule is COc1ccc(N(CC(=O)NC(C)c2ccc(C)c(C)c2)S(=O)(=O)c2ccccc2)cc1OC. The highest BCUT2D eigenvalue weighted by Gasteiger charge is 2.28. The first-order valence-corrected chi connectivity index (χ1v) is 12.3. The van der Waals surface area contributed by atoms with Crippen LogP contribution < -0.4 is 19.1 Å². The van der Waals surface area contributed by atoms with Crippen LogP contribution in [0.25, 0.3) is 0 Å². The number of nitrogens with one attached hydrogen (secondary N) is 1. The minimum Gasteiger partial charge on any atom is -0.493 e. The van der Waals surface area contributed by atoms with Crippen LogP contribution in [0.3, 0.4) is 0 Å². The molecule has 1 amide bonds. The standard InChI is InChI=1S/C26H30N2O5S/c1-18-11-12-21(15-19(18)2)20(3)27-26(29)17-28(34(30,31)23-9-7-6-8-10-23)22-13-14-24(32-4)25(16-22)33-5/h6-16,20H,17H2,1-5H3,(H,27,29). The monoisotopic (exact) mass is 482 g/mol. The number of aryl methyl sites for hydroxylation is 2. The highest BCUT2D eigenvalue weighted by Crippen LogP contribution is 2.33. The van der Waals surface area contributed by atoms with Gasteiger partial charge >= 0.3 is 0 Å². The molecule has 1 atom stereocenters. The average Bonchev–Trinajstić information content (AvgIpc) is 2.84. The molecule has 3 aromatic carbocycles. The molecule has 34 heavy (non-hydrogen) atoms. The lowest BCUT2D eigenvalue weighted by atomic mass is 10.0. The number of amides is 1. The van der Waals surface area contributed by atoms with E-state index in [9.17, 15) is 13.2 Å². The van der Waals surface area contributed by atoms with E-state index in [2.05, 4.69) is 5.32 Å². The minimum absolute atomic E-state index is 0.0831. The molecule has 0 aliphatic carbocycles. The molecule has 0 aliphatic rings. The summed E-state index contributed by atoms with van der Waals surface area (Å²) in [5.41, 5.74) is 3.52. The molecule has 3 rings (SSSR count). The fourth-order valence-electron chi connectivity index (χ4n) is 3.55. The Morgan fingerprint density at radius 1 is 0.912 bits per heavy atom. The Morgan fingerprint density at radius 3 is 2.21 bits per heavy atom. The van der Waals surface area contributed by atoms with Crippen molar-refractivity contribution < 1.29 is 22.7 Å². The Balaban J connectivity index is 1.94. The molecular formula is C26H30N2O5S. The molecule has 0 heterocycles. The van der Waals surface area contributed by atoms with E-state index >= 15 is 0 Å². The summed E-state index contributed by atoms with van der Waals surface area (Å²) in [5, 5.41) is 2.92. The lowest BCUT2D eigenvalue weighted by Gasteiger charge is -2.26. The second-order valence-electron chi connectivity index (χ2n) is 8.00. The van der Waals surface area contributed by atoms with Crippen LogP contribution in [0, 0.1) is 13.8 Å². The first-order chi connectivity index (χ1) is 16.2. The number of anilines is 1. The first-order valence-electron chi connectivity index (χ1n) is 10.8. The van der Waals surface area contributed by atoms with Crippen molar-refractivity contribution in [3.63, 3.8) is 0 Å². The third-order valence-corrected chi connectivity index (χ3v) is 7.47. The summed E-state index contributed by atoms with van der Waals surface area (Å²) >= 11 is 0. The second-order valence-corrected chi connectivity index (χ2v) is 9.86. The summed E-state index contributed by atoms with van der Waals surface area (Å²) < 4.78 is 38.8. The maximum absolute atomic E-state index is 13.5. The molecule has 0 bridgehead atoms. The van der Waals surface area contributed by atoms with E-state index in [1.54, 1.807) is 36.4 Å². The molecule has 3 aromatic rings. The average molecular weight is 483 g/mol. The van der Waals surface area contributed by atoms with E-state index in [0.29, 0.717) is 11.5 Å². The van der Waals surface area contributed by atoms with Crippen LogP contribution in [-0.4, -0.2) is 35.1 Å². The van der Waals surface area contributed by atoms with Gasteiger partial charge in [0, 0.05) is 6.07 Å². The Kier molecular flexibility index (Phi) is 7.83. The number of sulfonamides is 1. The van der Waals surface area contributed by atoms with Gasteiger partial charge in [-0.25, -0.2) is 8.42 Å². The highest BCUT2D eigenvalue weighted by molar-refractivity contribution is 7.92. The zero-order chi connectivity index (χ0) is 24.9. The molecule has 0 aliphatic heterocycles. The number of hydrogen-bond donors (Lipinski definition) is 1. The lowest BCUT2D eigenvalue weighted by molar-refractivity contribution is -0.120. The van der Waals surface area contributed by atoms with Crippen molar-refractivity contribution in [1.82, 2.24) is 5.32 Å². The van der Waals surface area contributed by atoms with Gasteiger partial charge < -0.3 is 14.8 Å². The molecule has 1 unspecified atom stereocenters. The van der Waals surface area contributed by atoms with Gasteiger partial charge in [0.05, 0.1) is 30.8 Å². The summed E-state index contributed by atoms with van der Waals surface area (Å²) in [6.07, 6.45) is 0. The van der Waals surface area contributed by atoms with Crippen molar-refractivity contribution in [2.45, 2.75) is 31.7 Å². The van der Waals surface area contributed by atoms with Crippen molar-refractivity contribution in [3.05, 3.63) is 83.4 Å².